The second-order valence-electron chi connectivity index (χ2n) is 8.57. The lowest BCUT2D eigenvalue weighted by molar-refractivity contribution is 0.0746. The summed E-state index contributed by atoms with van der Waals surface area (Å²) in [5, 5.41) is 0.648. The average molecular weight is 488 g/mol. The molecule has 1 aromatic heterocycles. The van der Waals surface area contributed by atoms with Gasteiger partial charge >= 0.3 is 0 Å². The topological polar surface area (TPSA) is 58.8 Å². The lowest BCUT2D eigenvalue weighted by atomic mass is 10.1. The van der Waals surface area contributed by atoms with Crippen molar-refractivity contribution in [1.29, 1.82) is 0 Å². The highest BCUT2D eigenvalue weighted by Crippen LogP contribution is 2.30. The number of nitrogens with zero attached hydrogens (tertiary/aromatic N) is 3. The zero-order valence-electron chi connectivity index (χ0n) is 20.1. The summed E-state index contributed by atoms with van der Waals surface area (Å²) in [5.74, 6) is 1.66. The van der Waals surface area contributed by atoms with Crippen LogP contribution in [0.2, 0.25) is 0 Å². The van der Waals surface area contributed by atoms with Crippen LogP contribution < -0.4 is 9.64 Å². The minimum atomic E-state index is 0.0760. The number of amides is 1. The number of hydrogen-bond acceptors (Lipinski definition) is 6. The predicted octanol–water partition coefficient (Wildman–Crippen LogP) is 5.79. The smallest absolute Gasteiger partial charge is 0.257 e. The lowest BCUT2D eigenvalue weighted by Crippen LogP contribution is -2.48. The van der Waals surface area contributed by atoms with E-state index in [-0.39, 0.29) is 5.91 Å². The third-order valence-electron chi connectivity index (χ3n) is 6.21. The number of hydrogen-bond donors (Lipinski definition) is 0. The Morgan fingerprint density at radius 2 is 1.83 bits per heavy atom. The molecule has 0 saturated carbocycles. The van der Waals surface area contributed by atoms with E-state index < -0.39 is 0 Å². The molecule has 1 aliphatic heterocycles. The summed E-state index contributed by atoms with van der Waals surface area (Å²) in [6.07, 6.45) is 0. The molecule has 1 aliphatic rings. The number of piperazine rings is 1. The lowest BCUT2D eigenvalue weighted by Gasteiger charge is -2.36. The largest absolute Gasteiger partial charge is 0.492 e. The number of benzene rings is 3. The SMILES string of the molecule is CCOc1ccccc1N1CCN(C(=O)c2cccc(CSc3nc4c(C)cccc4o3)c2)CC1. The van der Waals surface area contributed by atoms with Gasteiger partial charge in [0.15, 0.2) is 5.58 Å². The van der Waals surface area contributed by atoms with Crippen LogP contribution in [-0.4, -0.2) is 48.6 Å². The Morgan fingerprint density at radius 3 is 2.63 bits per heavy atom. The molecule has 1 fully saturated rings. The number of carbonyl (C=O) groups excluding carboxylic acids is 1. The molecular weight excluding hydrogens is 458 g/mol. The summed E-state index contributed by atoms with van der Waals surface area (Å²) in [4.78, 5) is 22.1. The van der Waals surface area contributed by atoms with Crippen LogP contribution in [0.25, 0.3) is 11.1 Å². The molecule has 1 saturated heterocycles. The number of rotatable bonds is 7. The van der Waals surface area contributed by atoms with Crippen LogP contribution in [-0.2, 0) is 5.75 Å². The van der Waals surface area contributed by atoms with Crippen LogP contribution in [0.3, 0.4) is 0 Å². The van der Waals surface area contributed by atoms with Gasteiger partial charge in [-0.05, 0) is 55.3 Å². The molecule has 0 N–H and O–H groups in total. The summed E-state index contributed by atoms with van der Waals surface area (Å²) >= 11 is 1.55. The monoisotopic (exact) mass is 487 g/mol. The van der Waals surface area contributed by atoms with Crippen molar-refractivity contribution in [3.8, 4) is 5.75 Å². The van der Waals surface area contributed by atoms with Gasteiger partial charge in [-0.25, -0.2) is 4.98 Å². The molecule has 0 radical (unpaired) electrons. The molecule has 0 atom stereocenters. The summed E-state index contributed by atoms with van der Waals surface area (Å²) in [6, 6.07) is 21.9. The van der Waals surface area contributed by atoms with E-state index in [4.69, 9.17) is 9.15 Å². The third kappa shape index (κ3) is 5.15. The highest BCUT2D eigenvalue weighted by Gasteiger charge is 2.24. The molecule has 6 nitrogen and oxygen atoms in total. The van der Waals surface area contributed by atoms with E-state index in [1.54, 1.807) is 11.8 Å². The highest BCUT2D eigenvalue weighted by atomic mass is 32.2. The van der Waals surface area contributed by atoms with Crippen LogP contribution in [0.4, 0.5) is 5.69 Å². The van der Waals surface area contributed by atoms with Gasteiger partial charge in [0.05, 0.1) is 12.3 Å². The molecule has 0 bridgehead atoms. The Morgan fingerprint density at radius 1 is 1.03 bits per heavy atom. The normalized spacial score (nSPS) is 13.9. The van der Waals surface area contributed by atoms with Crippen LogP contribution in [0.1, 0.15) is 28.4 Å². The Bertz CT molecular complexity index is 1330. The van der Waals surface area contributed by atoms with Crippen molar-refractivity contribution >= 4 is 34.5 Å². The van der Waals surface area contributed by atoms with Gasteiger partial charge in [-0.3, -0.25) is 4.79 Å². The van der Waals surface area contributed by atoms with Crippen LogP contribution >= 0.6 is 11.8 Å². The maximum Gasteiger partial charge on any atom is 0.257 e. The van der Waals surface area contributed by atoms with Crippen molar-refractivity contribution in [3.05, 3.63) is 83.4 Å². The third-order valence-corrected chi connectivity index (χ3v) is 7.11. The van der Waals surface area contributed by atoms with Crippen LogP contribution in [0.5, 0.6) is 5.75 Å². The van der Waals surface area contributed by atoms with Crippen molar-refractivity contribution in [1.82, 2.24) is 9.88 Å². The number of anilines is 1. The number of carbonyl (C=O) groups is 1. The molecular formula is C28H29N3O3S. The number of oxazole rings is 1. The standard InChI is InChI=1S/C28H29N3O3S/c1-3-33-24-12-5-4-11-23(24)30-14-16-31(17-15-30)27(32)22-10-7-9-21(18-22)19-35-28-29-26-20(2)8-6-13-25(26)34-28/h4-13,18H,3,14-17,19H2,1-2H3. The molecule has 7 heteroatoms. The van der Waals surface area contributed by atoms with Gasteiger partial charge in [-0.15, -0.1) is 0 Å². The molecule has 1 amide bonds. The number of thioether (sulfide) groups is 1. The number of aryl methyl sites for hydroxylation is 1. The molecule has 0 spiro atoms. The van der Waals surface area contributed by atoms with Crippen molar-refractivity contribution in [2.45, 2.75) is 24.8 Å². The maximum absolute atomic E-state index is 13.2. The first-order valence-corrected chi connectivity index (χ1v) is 12.9. The first-order chi connectivity index (χ1) is 17.1. The molecule has 2 heterocycles. The molecule has 5 rings (SSSR count). The number of ether oxygens (including phenoxy) is 1. The Kier molecular flexibility index (Phi) is 6.95. The molecule has 0 aliphatic carbocycles. The highest BCUT2D eigenvalue weighted by molar-refractivity contribution is 7.98. The summed E-state index contributed by atoms with van der Waals surface area (Å²) < 4.78 is 11.7. The van der Waals surface area contributed by atoms with E-state index in [0.717, 1.165) is 52.3 Å². The molecule has 3 aromatic carbocycles. The number of aromatic nitrogens is 1. The van der Waals surface area contributed by atoms with Gasteiger partial charge in [0, 0.05) is 37.5 Å². The van der Waals surface area contributed by atoms with Crippen molar-refractivity contribution in [2.75, 3.05) is 37.7 Å². The Labute approximate surface area is 209 Å². The van der Waals surface area contributed by atoms with Crippen LogP contribution in [0.15, 0.2) is 76.4 Å². The van der Waals surface area contributed by atoms with E-state index in [2.05, 4.69) is 16.0 Å². The first-order valence-electron chi connectivity index (χ1n) is 12.0. The summed E-state index contributed by atoms with van der Waals surface area (Å²) in [6.45, 7) is 7.59. The molecule has 0 unspecified atom stereocenters. The second kappa shape index (κ2) is 10.4. The van der Waals surface area contributed by atoms with E-state index in [9.17, 15) is 4.79 Å². The van der Waals surface area contributed by atoms with Gasteiger partial charge < -0.3 is 19.0 Å². The summed E-state index contributed by atoms with van der Waals surface area (Å²) in [5.41, 5.74) is 5.70. The van der Waals surface area contributed by atoms with Gasteiger partial charge in [0.2, 0.25) is 0 Å². The fourth-order valence-electron chi connectivity index (χ4n) is 4.40. The van der Waals surface area contributed by atoms with Crippen molar-refractivity contribution in [3.63, 3.8) is 0 Å². The Hall–Kier alpha value is -3.45. The molecule has 180 valence electrons. The van der Waals surface area contributed by atoms with E-state index in [1.807, 2.05) is 79.4 Å². The zero-order valence-corrected chi connectivity index (χ0v) is 20.9. The Balaban J connectivity index is 1.21. The maximum atomic E-state index is 13.2. The van der Waals surface area contributed by atoms with Crippen molar-refractivity contribution < 1.29 is 13.9 Å². The minimum Gasteiger partial charge on any atom is -0.492 e. The average Bonchev–Trinajstić information content (AvgIpc) is 3.33. The summed E-state index contributed by atoms with van der Waals surface area (Å²) in [7, 11) is 0. The van der Waals surface area contributed by atoms with Gasteiger partial charge in [-0.2, -0.15) is 0 Å². The minimum absolute atomic E-state index is 0.0760. The number of para-hydroxylation sites is 3. The fraction of sp³-hybridized carbons (Fsp3) is 0.286. The van der Waals surface area contributed by atoms with Crippen molar-refractivity contribution in [2.24, 2.45) is 0 Å². The zero-order chi connectivity index (χ0) is 24.2. The quantitative estimate of drug-likeness (QED) is 0.308. The first kappa shape index (κ1) is 23.3. The van der Waals surface area contributed by atoms with Gasteiger partial charge in [0.25, 0.3) is 11.1 Å². The second-order valence-corrected chi connectivity index (χ2v) is 9.50. The van der Waals surface area contributed by atoms with E-state index >= 15 is 0 Å². The van der Waals surface area contributed by atoms with E-state index in [0.29, 0.717) is 30.7 Å². The molecule has 4 aromatic rings. The molecule has 35 heavy (non-hydrogen) atoms. The predicted molar refractivity (Wildman–Crippen MR) is 140 cm³/mol. The fourth-order valence-corrected chi connectivity index (χ4v) is 5.17. The van der Waals surface area contributed by atoms with Gasteiger partial charge in [-0.1, -0.05) is 48.2 Å². The van der Waals surface area contributed by atoms with E-state index in [1.165, 1.54) is 0 Å². The number of fused-ring (bicyclic) bond motifs is 1. The van der Waals surface area contributed by atoms with Crippen LogP contribution in [0, 0.1) is 6.92 Å². The van der Waals surface area contributed by atoms with Gasteiger partial charge in [0.1, 0.15) is 11.3 Å².